The van der Waals surface area contributed by atoms with Crippen molar-refractivity contribution in [3.63, 3.8) is 0 Å². The molecule has 5 nitrogen and oxygen atoms in total. The molecule has 1 atom stereocenters. The van der Waals surface area contributed by atoms with Gasteiger partial charge in [0.05, 0.1) is 21.9 Å². The van der Waals surface area contributed by atoms with Gasteiger partial charge in [-0.15, -0.1) is 0 Å². The molecule has 0 aromatic heterocycles. The summed E-state index contributed by atoms with van der Waals surface area (Å²) in [5.74, 6) is -0.966. The Morgan fingerprint density at radius 3 is 2.43 bits per heavy atom. The highest BCUT2D eigenvalue weighted by Gasteiger charge is 2.17. The maximum Gasteiger partial charge on any atom is 0.344 e. The predicted molar refractivity (Wildman–Crippen MR) is 91.8 cm³/mol. The van der Waals surface area contributed by atoms with Crippen LogP contribution in [0.3, 0.4) is 0 Å². The standard InChI is InChI=1S/C16H14Cl2N2O3/c1-10(16(21)22)23-15-13(17)7-11(8-14(15)18)9-19-20-12-5-3-2-4-6-12/h2-10,20H,1H3,(H,21,22). The van der Waals surface area contributed by atoms with Gasteiger partial charge in [0.2, 0.25) is 0 Å². The van der Waals surface area contributed by atoms with E-state index < -0.39 is 12.1 Å². The van der Waals surface area contributed by atoms with Crippen molar-refractivity contribution in [2.24, 2.45) is 5.10 Å². The van der Waals surface area contributed by atoms with Gasteiger partial charge in [-0.25, -0.2) is 4.79 Å². The predicted octanol–water partition coefficient (Wildman–Crippen LogP) is 4.29. The highest BCUT2D eigenvalue weighted by molar-refractivity contribution is 6.37. The zero-order valence-electron chi connectivity index (χ0n) is 12.2. The summed E-state index contributed by atoms with van der Waals surface area (Å²) in [5.41, 5.74) is 4.36. The summed E-state index contributed by atoms with van der Waals surface area (Å²) in [7, 11) is 0. The van der Waals surface area contributed by atoms with Gasteiger partial charge in [-0.3, -0.25) is 5.43 Å². The van der Waals surface area contributed by atoms with Crippen LogP contribution in [-0.2, 0) is 4.79 Å². The minimum Gasteiger partial charge on any atom is -0.479 e. The molecule has 2 N–H and O–H groups in total. The van der Waals surface area contributed by atoms with Crippen LogP contribution >= 0.6 is 23.2 Å². The fraction of sp³-hybridized carbons (Fsp3) is 0.125. The average Bonchev–Trinajstić information content (AvgIpc) is 2.51. The number of carboxylic acid groups (broad SMARTS) is 1. The van der Waals surface area contributed by atoms with Crippen molar-refractivity contribution >= 4 is 41.1 Å². The number of hydrazone groups is 1. The number of carboxylic acids is 1. The van der Waals surface area contributed by atoms with Crippen LogP contribution in [0, 0.1) is 0 Å². The van der Waals surface area contributed by atoms with Crippen molar-refractivity contribution in [2.75, 3.05) is 5.43 Å². The lowest BCUT2D eigenvalue weighted by atomic mass is 10.2. The fourth-order valence-corrected chi connectivity index (χ4v) is 2.28. The van der Waals surface area contributed by atoms with E-state index in [-0.39, 0.29) is 15.8 Å². The second kappa shape index (κ2) is 7.85. The van der Waals surface area contributed by atoms with E-state index in [1.807, 2.05) is 30.3 Å². The van der Waals surface area contributed by atoms with Gasteiger partial charge in [-0.05, 0) is 36.8 Å². The van der Waals surface area contributed by atoms with Crippen LogP contribution in [0.4, 0.5) is 5.69 Å². The first kappa shape index (κ1) is 17.1. The Labute approximate surface area is 143 Å². The largest absolute Gasteiger partial charge is 0.479 e. The maximum atomic E-state index is 10.8. The molecule has 0 bridgehead atoms. The highest BCUT2D eigenvalue weighted by atomic mass is 35.5. The van der Waals surface area contributed by atoms with E-state index in [4.69, 9.17) is 33.0 Å². The van der Waals surface area contributed by atoms with Gasteiger partial charge in [0.25, 0.3) is 0 Å². The molecule has 7 heteroatoms. The van der Waals surface area contributed by atoms with Crippen LogP contribution in [0.2, 0.25) is 10.0 Å². The molecule has 0 aliphatic carbocycles. The summed E-state index contributed by atoms with van der Waals surface area (Å²) in [4.78, 5) is 10.8. The van der Waals surface area contributed by atoms with Crippen LogP contribution in [-0.4, -0.2) is 23.4 Å². The second-order valence-corrected chi connectivity index (χ2v) is 5.46. The summed E-state index contributed by atoms with van der Waals surface area (Å²) < 4.78 is 5.24. The molecule has 2 aromatic rings. The molecule has 0 amide bonds. The number of ether oxygens (including phenoxy) is 1. The molecule has 120 valence electrons. The Kier molecular flexibility index (Phi) is 5.84. The van der Waals surface area contributed by atoms with Gasteiger partial charge >= 0.3 is 5.97 Å². The molecule has 23 heavy (non-hydrogen) atoms. The van der Waals surface area contributed by atoms with Crippen molar-refractivity contribution in [1.29, 1.82) is 0 Å². The first-order valence-corrected chi connectivity index (χ1v) is 7.45. The quantitative estimate of drug-likeness (QED) is 0.600. The first-order valence-electron chi connectivity index (χ1n) is 6.70. The van der Waals surface area contributed by atoms with Crippen molar-refractivity contribution in [1.82, 2.24) is 0 Å². The van der Waals surface area contributed by atoms with E-state index >= 15 is 0 Å². The lowest BCUT2D eigenvalue weighted by molar-refractivity contribution is -0.144. The average molecular weight is 353 g/mol. The van der Waals surface area contributed by atoms with Crippen molar-refractivity contribution in [2.45, 2.75) is 13.0 Å². The summed E-state index contributed by atoms with van der Waals surface area (Å²) in [6, 6.07) is 12.6. The number of hydrogen-bond donors (Lipinski definition) is 2. The molecular weight excluding hydrogens is 339 g/mol. The molecule has 0 radical (unpaired) electrons. The third-order valence-corrected chi connectivity index (χ3v) is 3.41. The summed E-state index contributed by atoms with van der Waals surface area (Å²) in [6.07, 6.45) is 0.499. The zero-order valence-corrected chi connectivity index (χ0v) is 13.7. The van der Waals surface area contributed by atoms with Gasteiger partial charge in [-0.2, -0.15) is 5.10 Å². The van der Waals surface area contributed by atoms with Gasteiger partial charge in [0.15, 0.2) is 11.9 Å². The molecule has 2 rings (SSSR count). The van der Waals surface area contributed by atoms with Crippen molar-refractivity contribution in [3.05, 3.63) is 58.1 Å². The number of para-hydroxylation sites is 1. The third-order valence-electron chi connectivity index (χ3n) is 2.84. The molecule has 2 aromatic carbocycles. The Morgan fingerprint density at radius 1 is 1.26 bits per heavy atom. The Hall–Kier alpha value is -2.24. The van der Waals surface area contributed by atoms with Gasteiger partial charge in [0.1, 0.15) is 0 Å². The van der Waals surface area contributed by atoms with E-state index in [1.54, 1.807) is 18.3 Å². The lowest BCUT2D eigenvalue weighted by Gasteiger charge is -2.13. The van der Waals surface area contributed by atoms with E-state index in [2.05, 4.69) is 10.5 Å². The van der Waals surface area contributed by atoms with E-state index in [1.165, 1.54) is 6.92 Å². The van der Waals surface area contributed by atoms with Crippen molar-refractivity contribution < 1.29 is 14.6 Å². The van der Waals surface area contributed by atoms with Gasteiger partial charge < -0.3 is 9.84 Å². The lowest BCUT2D eigenvalue weighted by Crippen LogP contribution is -2.23. The molecule has 0 aliphatic rings. The number of nitrogens with one attached hydrogen (secondary N) is 1. The first-order chi connectivity index (χ1) is 11.0. The molecule has 0 fully saturated rings. The van der Waals surface area contributed by atoms with E-state index in [0.717, 1.165) is 5.69 Å². The van der Waals surface area contributed by atoms with E-state index in [9.17, 15) is 4.79 Å². The smallest absolute Gasteiger partial charge is 0.344 e. The molecule has 1 unspecified atom stereocenters. The number of anilines is 1. The molecule has 0 aliphatic heterocycles. The van der Waals surface area contributed by atoms with E-state index in [0.29, 0.717) is 5.56 Å². The SMILES string of the molecule is CC(Oc1c(Cl)cc(C=NNc2ccccc2)cc1Cl)C(=O)O. The van der Waals surface area contributed by atoms with Gasteiger partial charge in [-0.1, -0.05) is 41.4 Å². The summed E-state index contributed by atoms with van der Waals surface area (Å²) in [6.45, 7) is 1.40. The Balaban J connectivity index is 2.11. The molecule has 0 saturated carbocycles. The zero-order chi connectivity index (χ0) is 16.8. The number of benzene rings is 2. The molecule has 0 heterocycles. The molecular formula is C16H14Cl2N2O3. The van der Waals surface area contributed by atoms with Crippen LogP contribution < -0.4 is 10.2 Å². The Bertz CT molecular complexity index is 698. The number of carbonyl (C=O) groups is 1. The number of nitrogens with zero attached hydrogens (tertiary/aromatic N) is 1. The topological polar surface area (TPSA) is 70.9 Å². The normalized spacial score (nSPS) is 12.1. The summed E-state index contributed by atoms with van der Waals surface area (Å²) in [5, 5.41) is 13.4. The van der Waals surface area contributed by atoms with Crippen molar-refractivity contribution in [3.8, 4) is 5.75 Å². The Morgan fingerprint density at radius 2 is 1.87 bits per heavy atom. The molecule has 0 spiro atoms. The number of halogens is 2. The second-order valence-electron chi connectivity index (χ2n) is 4.65. The molecule has 0 saturated heterocycles. The minimum atomic E-state index is -1.10. The van der Waals surface area contributed by atoms with Crippen LogP contribution in [0.1, 0.15) is 12.5 Å². The monoisotopic (exact) mass is 352 g/mol. The van der Waals surface area contributed by atoms with Gasteiger partial charge in [0, 0.05) is 0 Å². The third kappa shape index (κ3) is 4.87. The maximum absolute atomic E-state index is 10.8. The minimum absolute atomic E-state index is 0.136. The van der Waals surface area contributed by atoms with Crippen LogP contribution in [0.25, 0.3) is 0 Å². The number of aliphatic carboxylic acids is 1. The number of rotatable bonds is 6. The van der Waals surface area contributed by atoms with Crippen LogP contribution in [0.5, 0.6) is 5.75 Å². The van der Waals surface area contributed by atoms with Crippen LogP contribution in [0.15, 0.2) is 47.6 Å². The summed E-state index contributed by atoms with van der Waals surface area (Å²) >= 11 is 12.2. The number of hydrogen-bond acceptors (Lipinski definition) is 4. The highest BCUT2D eigenvalue weighted by Crippen LogP contribution is 2.34. The fourth-order valence-electron chi connectivity index (χ4n) is 1.69.